The largest absolute Gasteiger partial charge is 0.481 e. The van der Waals surface area contributed by atoms with Crippen molar-refractivity contribution < 1.29 is 28.6 Å². The number of amides is 2. The summed E-state index contributed by atoms with van der Waals surface area (Å²) in [7, 11) is 1.51. The summed E-state index contributed by atoms with van der Waals surface area (Å²) < 4.78 is 18.6. The van der Waals surface area contributed by atoms with E-state index in [0.717, 1.165) is 0 Å². The molecule has 148 valence electrons. The second-order valence-electron chi connectivity index (χ2n) is 7.22. The minimum atomic E-state index is -1.23. The van der Waals surface area contributed by atoms with Crippen molar-refractivity contribution in [1.82, 2.24) is 9.80 Å². The molecule has 1 aromatic carbocycles. The maximum Gasteiger partial charge on any atom is 0.306 e. The van der Waals surface area contributed by atoms with Gasteiger partial charge in [-0.2, -0.15) is 0 Å². The Kier molecular flexibility index (Phi) is 6.41. The second kappa shape index (κ2) is 8.37. The van der Waals surface area contributed by atoms with Gasteiger partial charge in [0.05, 0.1) is 12.5 Å². The van der Waals surface area contributed by atoms with Crippen molar-refractivity contribution in [2.24, 2.45) is 5.92 Å². The van der Waals surface area contributed by atoms with E-state index in [9.17, 15) is 18.8 Å². The number of rotatable bonds is 6. The third kappa shape index (κ3) is 5.42. The number of carbonyl (C=O) groups excluding carboxylic acids is 2. The van der Waals surface area contributed by atoms with E-state index in [1.54, 1.807) is 18.7 Å². The highest BCUT2D eigenvalue weighted by atomic mass is 19.1. The first-order valence-electron chi connectivity index (χ1n) is 8.81. The molecule has 0 aliphatic carbocycles. The number of likely N-dealkylation sites (tertiary alicyclic amines) is 1. The van der Waals surface area contributed by atoms with Crippen LogP contribution >= 0.6 is 0 Å². The van der Waals surface area contributed by atoms with Crippen molar-refractivity contribution in [3.8, 4) is 5.75 Å². The van der Waals surface area contributed by atoms with Crippen LogP contribution in [-0.2, 0) is 14.4 Å². The van der Waals surface area contributed by atoms with Crippen molar-refractivity contribution in [3.63, 3.8) is 0 Å². The Morgan fingerprint density at radius 3 is 2.30 bits per heavy atom. The van der Waals surface area contributed by atoms with Gasteiger partial charge in [0.15, 0.2) is 5.60 Å². The number of carbonyl (C=O) groups is 3. The van der Waals surface area contributed by atoms with Gasteiger partial charge in [-0.25, -0.2) is 4.39 Å². The van der Waals surface area contributed by atoms with Gasteiger partial charge in [0.2, 0.25) is 5.91 Å². The lowest BCUT2D eigenvalue weighted by Gasteiger charge is -2.33. The molecule has 0 bridgehead atoms. The van der Waals surface area contributed by atoms with Crippen LogP contribution < -0.4 is 4.74 Å². The van der Waals surface area contributed by atoms with Crippen LogP contribution in [0.1, 0.15) is 26.7 Å². The molecule has 1 aliphatic heterocycles. The summed E-state index contributed by atoms with van der Waals surface area (Å²) in [4.78, 5) is 38.9. The van der Waals surface area contributed by atoms with Crippen LogP contribution in [0.25, 0.3) is 0 Å². The van der Waals surface area contributed by atoms with Gasteiger partial charge in [-0.15, -0.1) is 0 Å². The van der Waals surface area contributed by atoms with Gasteiger partial charge >= 0.3 is 5.97 Å². The van der Waals surface area contributed by atoms with Crippen LogP contribution in [0, 0.1) is 11.7 Å². The standard InChI is InChI=1S/C19H25FN2O5/c1-19(2,27-15-6-4-14(20)5-7-15)18(26)21(3)12-16(23)22-10-8-13(9-11-22)17(24)25/h4-7,13H,8-12H2,1-3H3,(H,24,25). The fourth-order valence-electron chi connectivity index (χ4n) is 3.05. The average molecular weight is 380 g/mol. The number of hydrogen-bond acceptors (Lipinski definition) is 4. The average Bonchev–Trinajstić information content (AvgIpc) is 2.62. The van der Waals surface area contributed by atoms with Gasteiger partial charge in [-0.05, 0) is 51.0 Å². The first-order valence-corrected chi connectivity index (χ1v) is 8.81. The van der Waals surface area contributed by atoms with Crippen molar-refractivity contribution >= 4 is 17.8 Å². The summed E-state index contributed by atoms with van der Waals surface area (Å²) in [5.74, 6) is -1.93. The number of hydrogen-bond donors (Lipinski definition) is 1. The molecule has 0 unspecified atom stereocenters. The summed E-state index contributed by atoms with van der Waals surface area (Å²) in [6, 6.07) is 5.35. The van der Waals surface area contributed by atoms with Gasteiger partial charge in [0.25, 0.3) is 5.91 Å². The maximum atomic E-state index is 13.0. The van der Waals surface area contributed by atoms with E-state index in [-0.39, 0.29) is 18.4 Å². The zero-order valence-corrected chi connectivity index (χ0v) is 15.8. The molecule has 27 heavy (non-hydrogen) atoms. The molecule has 1 fully saturated rings. The normalized spacial score (nSPS) is 15.3. The molecule has 0 aromatic heterocycles. The van der Waals surface area contributed by atoms with E-state index in [4.69, 9.17) is 9.84 Å². The molecule has 7 nitrogen and oxygen atoms in total. The number of benzene rings is 1. The number of carboxylic acid groups (broad SMARTS) is 1. The minimum absolute atomic E-state index is 0.118. The number of carboxylic acids is 1. The highest BCUT2D eigenvalue weighted by Gasteiger charge is 2.35. The highest BCUT2D eigenvalue weighted by Crippen LogP contribution is 2.21. The molecule has 1 heterocycles. The fraction of sp³-hybridized carbons (Fsp3) is 0.526. The Labute approximate surface area is 157 Å². The van der Waals surface area contributed by atoms with Crippen LogP contribution in [0.4, 0.5) is 4.39 Å². The number of likely N-dealkylation sites (N-methyl/N-ethyl adjacent to an activating group) is 1. The predicted molar refractivity (Wildman–Crippen MR) is 95.7 cm³/mol. The van der Waals surface area contributed by atoms with E-state index in [2.05, 4.69) is 0 Å². The second-order valence-corrected chi connectivity index (χ2v) is 7.22. The molecule has 8 heteroatoms. The maximum absolute atomic E-state index is 13.0. The van der Waals surface area contributed by atoms with E-state index < -0.39 is 23.3 Å². The third-order valence-electron chi connectivity index (χ3n) is 4.62. The van der Waals surface area contributed by atoms with Crippen molar-refractivity contribution in [2.75, 3.05) is 26.7 Å². The Balaban J connectivity index is 1.91. The third-order valence-corrected chi connectivity index (χ3v) is 4.62. The molecule has 0 spiro atoms. The number of ether oxygens (including phenoxy) is 1. The number of aliphatic carboxylic acids is 1. The highest BCUT2D eigenvalue weighted by molar-refractivity contribution is 5.89. The van der Waals surface area contributed by atoms with Gasteiger partial charge in [-0.1, -0.05) is 0 Å². The summed E-state index contributed by atoms with van der Waals surface area (Å²) in [6.07, 6.45) is 0.829. The van der Waals surface area contributed by atoms with Gasteiger partial charge in [0, 0.05) is 20.1 Å². The SMILES string of the molecule is CN(CC(=O)N1CCC(C(=O)O)CC1)C(=O)C(C)(C)Oc1ccc(F)cc1. The van der Waals surface area contributed by atoms with E-state index in [1.807, 2.05) is 0 Å². The molecule has 0 saturated carbocycles. The molecule has 2 amide bonds. The van der Waals surface area contributed by atoms with Crippen molar-refractivity contribution in [2.45, 2.75) is 32.3 Å². The molecule has 1 aromatic rings. The molecular weight excluding hydrogens is 355 g/mol. The van der Waals surface area contributed by atoms with Crippen molar-refractivity contribution in [3.05, 3.63) is 30.1 Å². The van der Waals surface area contributed by atoms with Crippen LogP contribution in [0.3, 0.4) is 0 Å². The van der Waals surface area contributed by atoms with Gasteiger partial charge in [-0.3, -0.25) is 14.4 Å². The minimum Gasteiger partial charge on any atom is -0.481 e. The lowest BCUT2D eigenvalue weighted by Crippen LogP contribution is -2.51. The van der Waals surface area contributed by atoms with E-state index >= 15 is 0 Å². The summed E-state index contributed by atoms with van der Waals surface area (Å²) in [6.45, 7) is 3.78. The zero-order chi connectivity index (χ0) is 20.2. The number of halogens is 1. The van der Waals surface area contributed by atoms with Gasteiger partial charge in [0.1, 0.15) is 11.6 Å². The Morgan fingerprint density at radius 1 is 1.22 bits per heavy atom. The monoisotopic (exact) mass is 380 g/mol. The molecular formula is C19H25FN2O5. The van der Waals surface area contributed by atoms with Crippen LogP contribution in [0.5, 0.6) is 5.75 Å². The molecule has 0 atom stereocenters. The van der Waals surface area contributed by atoms with Crippen LogP contribution in [0.15, 0.2) is 24.3 Å². The first kappa shape index (κ1) is 20.7. The summed E-state index contributed by atoms with van der Waals surface area (Å²) in [5, 5.41) is 9.02. The Morgan fingerprint density at radius 2 is 1.78 bits per heavy atom. The lowest BCUT2D eigenvalue weighted by molar-refractivity contribution is -0.150. The van der Waals surface area contributed by atoms with E-state index in [0.29, 0.717) is 31.7 Å². The topological polar surface area (TPSA) is 87.2 Å². The molecule has 0 radical (unpaired) electrons. The molecule has 1 aliphatic rings. The molecule has 2 rings (SSSR count). The summed E-state index contributed by atoms with van der Waals surface area (Å²) in [5.41, 5.74) is -1.23. The number of nitrogens with zero attached hydrogens (tertiary/aromatic N) is 2. The molecule has 1 N–H and O–H groups in total. The quantitative estimate of drug-likeness (QED) is 0.813. The van der Waals surface area contributed by atoms with E-state index in [1.165, 1.54) is 36.2 Å². The van der Waals surface area contributed by atoms with Crippen LogP contribution in [-0.4, -0.2) is 65.0 Å². The first-order chi connectivity index (χ1) is 12.6. The Hall–Kier alpha value is -2.64. The Bertz CT molecular complexity index is 697. The fourth-order valence-corrected chi connectivity index (χ4v) is 3.05. The predicted octanol–water partition coefficient (Wildman–Crippen LogP) is 1.76. The van der Waals surface area contributed by atoms with Crippen molar-refractivity contribution in [1.29, 1.82) is 0 Å². The molecule has 1 saturated heterocycles. The zero-order valence-electron chi connectivity index (χ0n) is 15.8. The number of piperidine rings is 1. The smallest absolute Gasteiger partial charge is 0.306 e. The van der Waals surface area contributed by atoms with Gasteiger partial charge < -0.3 is 19.6 Å². The lowest BCUT2D eigenvalue weighted by atomic mass is 9.97. The van der Waals surface area contributed by atoms with Crippen LogP contribution in [0.2, 0.25) is 0 Å². The summed E-state index contributed by atoms with van der Waals surface area (Å²) >= 11 is 0.